The summed E-state index contributed by atoms with van der Waals surface area (Å²) in [6, 6.07) is 12.5. The van der Waals surface area contributed by atoms with Crippen molar-refractivity contribution < 1.29 is 4.74 Å². The lowest BCUT2D eigenvalue weighted by molar-refractivity contribution is 0.415. The molecular formula is C17H24N2OS. The molecule has 2 rings (SSSR count). The van der Waals surface area contributed by atoms with Crippen molar-refractivity contribution in [2.75, 3.05) is 19.0 Å². The van der Waals surface area contributed by atoms with E-state index in [9.17, 15) is 0 Å². The molecule has 0 fully saturated rings. The normalized spacial score (nSPS) is 13.0. The van der Waals surface area contributed by atoms with Gasteiger partial charge in [0.15, 0.2) is 0 Å². The molecule has 114 valence electrons. The first kappa shape index (κ1) is 15.9. The Morgan fingerprint density at radius 2 is 1.81 bits per heavy atom. The Hall–Kier alpha value is -1.52. The quantitative estimate of drug-likeness (QED) is 0.871. The Morgan fingerprint density at radius 1 is 1.14 bits per heavy atom. The van der Waals surface area contributed by atoms with E-state index in [-0.39, 0.29) is 11.5 Å². The van der Waals surface area contributed by atoms with Crippen LogP contribution in [0.2, 0.25) is 0 Å². The molecule has 0 aliphatic heterocycles. The van der Waals surface area contributed by atoms with Gasteiger partial charge in [0.25, 0.3) is 0 Å². The van der Waals surface area contributed by atoms with E-state index in [0.29, 0.717) is 6.54 Å². The van der Waals surface area contributed by atoms with Crippen LogP contribution in [0, 0.1) is 0 Å². The molecule has 1 aromatic heterocycles. The minimum atomic E-state index is 0.138. The van der Waals surface area contributed by atoms with Crippen LogP contribution in [0.4, 0.5) is 5.69 Å². The zero-order valence-electron chi connectivity index (χ0n) is 13.1. The van der Waals surface area contributed by atoms with E-state index in [1.54, 1.807) is 7.11 Å². The maximum atomic E-state index is 5.95. The van der Waals surface area contributed by atoms with Gasteiger partial charge in [-0.25, -0.2) is 0 Å². The number of benzene rings is 1. The van der Waals surface area contributed by atoms with Gasteiger partial charge in [-0.05, 0) is 41.8 Å². The Labute approximate surface area is 131 Å². The largest absolute Gasteiger partial charge is 0.497 e. The van der Waals surface area contributed by atoms with Crippen LogP contribution in [0.3, 0.4) is 0 Å². The Bertz CT molecular complexity index is 569. The van der Waals surface area contributed by atoms with Gasteiger partial charge in [-0.15, -0.1) is 11.3 Å². The molecule has 4 heteroatoms. The zero-order valence-corrected chi connectivity index (χ0v) is 14.0. The number of nitrogens with one attached hydrogen (secondary N) is 1. The first-order valence-electron chi connectivity index (χ1n) is 7.15. The van der Waals surface area contributed by atoms with E-state index < -0.39 is 0 Å². The van der Waals surface area contributed by atoms with Crippen molar-refractivity contribution in [3.05, 3.63) is 46.2 Å². The standard InChI is InChI=1S/C17H24N2OS/c1-17(2,3)16-10-9-15(21-16)14(11-18)19-12-5-7-13(20-4)8-6-12/h5-10,14,19H,11,18H2,1-4H3. The van der Waals surface area contributed by atoms with E-state index in [1.165, 1.54) is 9.75 Å². The molecule has 0 saturated heterocycles. The molecule has 0 bridgehead atoms. The van der Waals surface area contributed by atoms with Crippen LogP contribution in [-0.2, 0) is 5.41 Å². The highest BCUT2D eigenvalue weighted by molar-refractivity contribution is 7.12. The average molecular weight is 304 g/mol. The highest BCUT2D eigenvalue weighted by Crippen LogP contribution is 2.33. The number of ether oxygens (including phenoxy) is 1. The molecule has 2 aromatic rings. The highest BCUT2D eigenvalue weighted by atomic mass is 32.1. The molecule has 0 radical (unpaired) electrons. The summed E-state index contributed by atoms with van der Waals surface area (Å²) in [4.78, 5) is 2.66. The van der Waals surface area contributed by atoms with Gasteiger partial charge in [0.05, 0.1) is 13.2 Å². The van der Waals surface area contributed by atoms with Crippen molar-refractivity contribution in [3.8, 4) is 5.75 Å². The summed E-state index contributed by atoms with van der Waals surface area (Å²) in [7, 11) is 1.67. The van der Waals surface area contributed by atoms with E-state index >= 15 is 0 Å². The summed E-state index contributed by atoms with van der Waals surface area (Å²) in [5.41, 5.74) is 7.18. The highest BCUT2D eigenvalue weighted by Gasteiger charge is 2.19. The zero-order chi connectivity index (χ0) is 15.5. The SMILES string of the molecule is COc1ccc(NC(CN)c2ccc(C(C)(C)C)s2)cc1. The Morgan fingerprint density at radius 3 is 2.29 bits per heavy atom. The molecule has 21 heavy (non-hydrogen) atoms. The van der Waals surface area contributed by atoms with Crippen molar-refractivity contribution in [2.45, 2.75) is 32.2 Å². The van der Waals surface area contributed by atoms with Crippen LogP contribution >= 0.6 is 11.3 Å². The van der Waals surface area contributed by atoms with Crippen LogP contribution in [0.1, 0.15) is 36.6 Å². The molecule has 1 atom stereocenters. The lowest BCUT2D eigenvalue weighted by Crippen LogP contribution is -2.19. The van der Waals surface area contributed by atoms with Gasteiger partial charge in [0, 0.05) is 22.0 Å². The first-order chi connectivity index (χ1) is 9.94. The van der Waals surface area contributed by atoms with E-state index in [0.717, 1.165) is 11.4 Å². The first-order valence-corrected chi connectivity index (χ1v) is 7.96. The number of rotatable bonds is 5. The van der Waals surface area contributed by atoms with Crippen LogP contribution in [-0.4, -0.2) is 13.7 Å². The number of thiophene rings is 1. The van der Waals surface area contributed by atoms with Gasteiger partial charge in [-0.3, -0.25) is 0 Å². The van der Waals surface area contributed by atoms with Gasteiger partial charge in [-0.2, -0.15) is 0 Å². The average Bonchev–Trinajstić information content (AvgIpc) is 2.95. The summed E-state index contributed by atoms with van der Waals surface area (Å²) in [5.74, 6) is 0.857. The smallest absolute Gasteiger partial charge is 0.119 e. The van der Waals surface area contributed by atoms with Crippen molar-refractivity contribution >= 4 is 17.0 Å². The number of nitrogens with two attached hydrogens (primary N) is 1. The summed E-state index contributed by atoms with van der Waals surface area (Å²) in [6.07, 6.45) is 0. The van der Waals surface area contributed by atoms with Gasteiger partial charge in [0.1, 0.15) is 5.75 Å². The van der Waals surface area contributed by atoms with Crippen molar-refractivity contribution in [1.29, 1.82) is 0 Å². The molecule has 0 spiro atoms. The summed E-state index contributed by atoms with van der Waals surface area (Å²) >= 11 is 1.83. The second-order valence-corrected chi connectivity index (χ2v) is 7.23. The molecule has 1 heterocycles. The third kappa shape index (κ3) is 3.99. The van der Waals surface area contributed by atoms with Crippen molar-refractivity contribution in [3.63, 3.8) is 0 Å². The van der Waals surface area contributed by atoms with Crippen LogP contribution in [0.25, 0.3) is 0 Å². The number of hydrogen-bond donors (Lipinski definition) is 2. The predicted molar refractivity (Wildman–Crippen MR) is 91.4 cm³/mol. The molecule has 3 nitrogen and oxygen atoms in total. The van der Waals surface area contributed by atoms with Gasteiger partial charge in [-0.1, -0.05) is 20.8 Å². The topological polar surface area (TPSA) is 47.3 Å². The monoisotopic (exact) mass is 304 g/mol. The molecule has 0 aliphatic carbocycles. The van der Waals surface area contributed by atoms with Crippen LogP contribution < -0.4 is 15.8 Å². The fourth-order valence-electron chi connectivity index (χ4n) is 2.08. The van der Waals surface area contributed by atoms with Crippen molar-refractivity contribution in [2.24, 2.45) is 5.73 Å². The molecule has 0 saturated carbocycles. The van der Waals surface area contributed by atoms with E-state index in [2.05, 4.69) is 38.2 Å². The summed E-state index contributed by atoms with van der Waals surface area (Å²) < 4.78 is 5.18. The third-order valence-electron chi connectivity index (χ3n) is 3.38. The lowest BCUT2D eigenvalue weighted by Gasteiger charge is -2.18. The van der Waals surface area contributed by atoms with Gasteiger partial charge >= 0.3 is 0 Å². The molecule has 0 amide bonds. The molecule has 0 aliphatic rings. The summed E-state index contributed by atoms with van der Waals surface area (Å²) in [5, 5.41) is 3.49. The third-order valence-corrected chi connectivity index (χ3v) is 5.00. The maximum Gasteiger partial charge on any atom is 0.119 e. The minimum absolute atomic E-state index is 0.138. The number of hydrogen-bond acceptors (Lipinski definition) is 4. The van der Waals surface area contributed by atoms with Crippen molar-refractivity contribution in [1.82, 2.24) is 0 Å². The molecule has 1 aromatic carbocycles. The second kappa shape index (κ2) is 6.50. The minimum Gasteiger partial charge on any atom is -0.497 e. The number of methoxy groups -OCH3 is 1. The fourth-order valence-corrected chi connectivity index (χ4v) is 3.21. The molecule has 1 unspecified atom stereocenters. The molecular weight excluding hydrogens is 280 g/mol. The van der Waals surface area contributed by atoms with Crippen LogP contribution in [0.15, 0.2) is 36.4 Å². The predicted octanol–water partition coefficient (Wildman–Crippen LogP) is 4.17. The maximum absolute atomic E-state index is 5.95. The van der Waals surface area contributed by atoms with Gasteiger partial charge in [0.2, 0.25) is 0 Å². The fraction of sp³-hybridized carbons (Fsp3) is 0.412. The van der Waals surface area contributed by atoms with E-state index in [4.69, 9.17) is 10.5 Å². The molecule has 3 N–H and O–H groups in total. The second-order valence-electron chi connectivity index (χ2n) is 6.11. The summed E-state index contributed by atoms with van der Waals surface area (Å²) in [6.45, 7) is 7.26. The Balaban J connectivity index is 2.13. The van der Waals surface area contributed by atoms with E-state index in [1.807, 2.05) is 35.6 Å². The lowest BCUT2D eigenvalue weighted by atomic mass is 9.95. The van der Waals surface area contributed by atoms with Gasteiger partial charge < -0.3 is 15.8 Å². The number of anilines is 1. The Kier molecular flexibility index (Phi) is 4.91. The van der Waals surface area contributed by atoms with Crippen LogP contribution in [0.5, 0.6) is 5.75 Å².